The summed E-state index contributed by atoms with van der Waals surface area (Å²) < 4.78 is 216. The van der Waals surface area contributed by atoms with Gasteiger partial charge < -0.3 is 4.74 Å². The summed E-state index contributed by atoms with van der Waals surface area (Å²) in [6.45, 7) is 0.274. The number of rotatable bonds is 9. The lowest BCUT2D eigenvalue weighted by Gasteiger charge is -2.44. The summed E-state index contributed by atoms with van der Waals surface area (Å²) in [6, 6.07) is 0. The summed E-state index contributed by atoms with van der Waals surface area (Å²) in [4.78, 5) is 11.0. The van der Waals surface area contributed by atoms with Crippen molar-refractivity contribution >= 4 is 5.97 Å². The molecule has 0 rings (SSSR count). The maximum atomic E-state index is 13.7. The third-order valence-electron chi connectivity index (χ3n) is 3.99. The first-order chi connectivity index (χ1) is 13.6. The molecule has 0 saturated heterocycles. The first kappa shape index (κ1) is 30.1. The Morgan fingerprint density at radius 3 is 1.28 bits per heavy atom. The highest BCUT2D eigenvalue weighted by Gasteiger charge is 2.94. The number of ether oxygens (including phenoxy) is 1. The first-order valence-electron chi connectivity index (χ1n) is 7.53. The normalized spacial score (nSPS) is 17.1. The van der Waals surface area contributed by atoms with Crippen molar-refractivity contribution in [1.82, 2.24) is 0 Å². The Kier molecular flexibility index (Phi) is 7.38. The van der Waals surface area contributed by atoms with E-state index in [0.717, 1.165) is 6.92 Å². The van der Waals surface area contributed by atoms with Crippen LogP contribution in [0.5, 0.6) is 0 Å². The van der Waals surface area contributed by atoms with Crippen LogP contribution >= 0.6 is 0 Å². The molecule has 0 fully saturated rings. The molecule has 0 aromatic carbocycles. The van der Waals surface area contributed by atoms with Gasteiger partial charge in [0, 0.05) is 0 Å². The Morgan fingerprint density at radius 1 is 0.656 bits per heavy atom. The summed E-state index contributed by atoms with van der Waals surface area (Å²) >= 11 is 0. The van der Waals surface area contributed by atoms with Crippen LogP contribution < -0.4 is 0 Å². The van der Waals surface area contributed by atoms with Crippen molar-refractivity contribution in [3.05, 3.63) is 12.2 Å². The van der Waals surface area contributed by atoms with E-state index in [1.807, 2.05) is 6.58 Å². The lowest BCUT2D eigenvalue weighted by Crippen LogP contribution is -2.74. The second-order valence-electron chi connectivity index (χ2n) is 6.15. The largest absolute Gasteiger partial charge is 0.462 e. The van der Waals surface area contributed by atoms with Crippen LogP contribution in [0.3, 0.4) is 0 Å². The highest BCUT2D eigenvalue weighted by Crippen LogP contribution is 2.64. The number of hydrogen-bond acceptors (Lipinski definition) is 2. The second-order valence-corrected chi connectivity index (χ2v) is 6.15. The molecule has 0 aromatic heterocycles. The summed E-state index contributed by atoms with van der Waals surface area (Å²) in [5.74, 6) is -50.5. The number of halogens is 16. The molecule has 0 heterocycles. The van der Waals surface area contributed by atoms with Crippen molar-refractivity contribution in [2.24, 2.45) is 0 Å². The van der Waals surface area contributed by atoms with E-state index in [2.05, 4.69) is 4.74 Å². The van der Waals surface area contributed by atoms with E-state index in [0.29, 0.717) is 0 Å². The van der Waals surface area contributed by atoms with E-state index in [1.165, 1.54) is 0 Å². The first-order valence-corrected chi connectivity index (χ1v) is 7.53. The van der Waals surface area contributed by atoms with Gasteiger partial charge in [-0.15, -0.1) is 0 Å². The zero-order valence-electron chi connectivity index (χ0n) is 15.3. The quantitative estimate of drug-likeness (QED) is 0.208. The van der Waals surface area contributed by atoms with Crippen molar-refractivity contribution < 1.29 is 79.8 Å². The molecular weight excluding hydrogens is 504 g/mol. The molecule has 32 heavy (non-hydrogen) atoms. The van der Waals surface area contributed by atoms with E-state index in [1.54, 1.807) is 0 Å². The van der Waals surface area contributed by atoms with Crippen LogP contribution in [0.1, 0.15) is 13.8 Å². The van der Waals surface area contributed by atoms with Crippen LogP contribution in [-0.2, 0) is 9.53 Å². The average Bonchev–Trinajstić information content (AvgIpc) is 2.58. The van der Waals surface area contributed by atoms with Gasteiger partial charge in [-0.2, -0.15) is 65.9 Å². The molecule has 0 aromatic rings. The van der Waals surface area contributed by atoms with Gasteiger partial charge in [-0.1, -0.05) is 6.58 Å². The molecule has 0 N–H and O–H groups in total. The molecule has 0 aliphatic carbocycles. The Bertz CT molecular complexity index is 734. The predicted molar refractivity (Wildman–Crippen MR) is 71.0 cm³/mol. The van der Waals surface area contributed by atoms with Crippen LogP contribution in [0.25, 0.3) is 0 Å². The van der Waals surface area contributed by atoms with Crippen molar-refractivity contribution in [3.8, 4) is 0 Å². The van der Waals surface area contributed by atoms with Gasteiger partial charge in [0.1, 0.15) is 5.57 Å². The van der Waals surface area contributed by atoms with Gasteiger partial charge in [-0.3, -0.25) is 0 Å². The van der Waals surface area contributed by atoms with Gasteiger partial charge in [0.15, 0.2) is 0 Å². The Morgan fingerprint density at radius 2 is 0.969 bits per heavy atom. The van der Waals surface area contributed by atoms with E-state index in [-0.39, 0.29) is 0 Å². The topological polar surface area (TPSA) is 26.3 Å². The maximum absolute atomic E-state index is 13.7. The summed E-state index contributed by atoms with van der Waals surface area (Å²) in [5, 5.41) is 0. The summed E-state index contributed by atoms with van der Waals surface area (Å²) in [5.41, 5.74) is -9.77. The van der Waals surface area contributed by atoms with Crippen LogP contribution in [0.15, 0.2) is 12.2 Å². The Labute approximate surface area is 167 Å². The lowest BCUT2D eigenvalue weighted by atomic mass is 9.84. The fourth-order valence-electron chi connectivity index (χ4n) is 1.80. The Balaban J connectivity index is 6.78. The molecule has 190 valence electrons. The molecular formula is C14H10F16O2. The van der Waals surface area contributed by atoms with Gasteiger partial charge in [0.05, 0.1) is 6.61 Å². The molecule has 0 spiro atoms. The molecule has 0 bridgehead atoms. The molecule has 1 unspecified atom stereocenters. The van der Waals surface area contributed by atoms with Crippen LogP contribution in [0, 0.1) is 0 Å². The molecule has 1 atom stereocenters. The standard InChI is InChI=1S/C14H10F16O2/c1-4-32-6(31)5(2)8(16,17)10(20,21)12(24,25)13(26,27)11(22,23)9(18,19)7(3,15)14(28,29)30/h2,4H2,1,3H3. The van der Waals surface area contributed by atoms with Gasteiger partial charge in [-0.05, 0) is 13.8 Å². The highest BCUT2D eigenvalue weighted by molar-refractivity contribution is 5.89. The Hall–Kier alpha value is -1.91. The zero-order chi connectivity index (χ0) is 26.6. The zero-order valence-corrected chi connectivity index (χ0v) is 15.3. The minimum atomic E-state index is -8.47. The minimum Gasteiger partial charge on any atom is -0.462 e. The molecule has 0 aliphatic heterocycles. The van der Waals surface area contributed by atoms with Gasteiger partial charge in [0.25, 0.3) is 5.67 Å². The van der Waals surface area contributed by atoms with E-state index < -0.39 is 72.5 Å². The predicted octanol–water partition coefficient (Wildman–Crippen LogP) is 6.21. The van der Waals surface area contributed by atoms with Crippen molar-refractivity contribution in [1.29, 1.82) is 0 Å². The number of carbonyl (C=O) groups excluding carboxylic acids is 1. The molecule has 2 nitrogen and oxygen atoms in total. The second kappa shape index (κ2) is 7.85. The van der Waals surface area contributed by atoms with Crippen molar-refractivity contribution in [2.45, 2.75) is 61.2 Å². The monoisotopic (exact) mass is 514 g/mol. The third kappa shape index (κ3) is 3.76. The lowest BCUT2D eigenvalue weighted by molar-refractivity contribution is -0.443. The third-order valence-corrected chi connectivity index (χ3v) is 3.99. The van der Waals surface area contributed by atoms with Gasteiger partial charge >= 0.3 is 47.7 Å². The van der Waals surface area contributed by atoms with Gasteiger partial charge in [-0.25, -0.2) is 9.18 Å². The SMILES string of the molecule is C=C(C(=O)OCC)C(F)(F)C(F)(F)C(F)(F)C(F)(F)C(F)(F)C(F)(F)C(C)(F)C(F)(F)F. The molecule has 18 heteroatoms. The van der Waals surface area contributed by atoms with Crippen LogP contribution in [0.2, 0.25) is 0 Å². The number of carbonyl (C=O) groups is 1. The fourth-order valence-corrected chi connectivity index (χ4v) is 1.80. The number of alkyl halides is 16. The average molecular weight is 514 g/mol. The van der Waals surface area contributed by atoms with Crippen LogP contribution in [0.4, 0.5) is 70.2 Å². The fraction of sp³-hybridized carbons (Fsp3) is 0.786. The maximum Gasteiger partial charge on any atom is 0.428 e. The van der Waals surface area contributed by atoms with Gasteiger partial charge in [0.2, 0.25) is 0 Å². The highest BCUT2D eigenvalue weighted by atomic mass is 19.4. The van der Waals surface area contributed by atoms with Crippen LogP contribution in [-0.4, -0.2) is 60.0 Å². The number of esters is 1. The van der Waals surface area contributed by atoms with E-state index in [4.69, 9.17) is 0 Å². The number of hydrogen-bond donors (Lipinski definition) is 0. The molecule has 0 radical (unpaired) electrons. The summed E-state index contributed by atoms with van der Waals surface area (Å²) in [6.07, 6.45) is -7.16. The minimum absolute atomic E-state index is 0.835. The summed E-state index contributed by atoms with van der Waals surface area (Å²) in [7, 11) is 0. The van der Waals surface area contributed by atoms with E-state index >= 15 is 0 Å². The molecule has 0 saturated carbocycles. The smallest absolute Gasteiger partial charge is 0.428 e. The molecule has 0 amide bonds. The molecule has 0 aliphatic rings. The van der Waals surface area contributed by atoms with Crippen molar-refractivity contribution in [3.63, 3.8) is 0 Å². The van der Waals surface area contributed by atoms with Crippen molar-refractivity contribution in [2.75, 3.05) is 6.61 Å². The van der Waals surface area contributed by atoms with E-state index in [9.17, 15) is 75.0 Å².